The van der Waals surface area contributed by atoms with Crippen molar-refractivity contribution in [1.29, 1.82) is 0 Å². The Bertz CT molecular complexity index is 699. The first-order valence-corrected chi connectivity index (χ1v) is 9.93. The molecule has 0 spiro atoms. The molecule has 1 N–H and O–H groups in total. The normalized spacial score (nSPS) is 11.0. The van der Waals surface area contributed by atoms with Gasteiger partial charge in [0.15, 0.2) is 5.78 Å². The Kier molecular flexibility index (Phi) is 9.19. The SMILES string of the molecule is CCCCCCCCCOc1ccc(C(=O)/C=C/c2ccc(O)cc2)cc1. The molecule has 0 saturated heterocycles. The number of hydrogen-bond donors (Lipinski definition) is 1. The summed E-state index contributed by atoms with van der Waals surface area (Å²) in [6.07, 6.45) is 12.1. The predicted molar refractivity (Wildman–Crippen MR) is 111 cm³/mol. The van der Waals surface area contributed by atoms with Crippen LogP contribution < -0.4 is 4.74 Å². The van der Waals surface area contributed by atoms with E-state index in [9.17, 15) is 9.90 Å². The van der Waals surface area contributed by atoms with Crippen LogP contribution in [0, 0.1) is 0 Å². The molecule has 27 heavy (non-hydrogen) atoms. The van der Waals surface area contributed by atoms with Crippen LogP contribution in [-0.2, 0) is 0 Å². The Morgan fingerprint density at radius 2 is 1.52 bits per heavy atom. The van der Waals surface area contributed by atoms with E-state index in [1.165, 1.54) is 38.5 Å². The van der Waals surface area contributed by atoms with Crippen LogP contribution in [0.1, 0.15) is 67.8 Å². The van der Waals surface area contributed by atoms with Crippen molar-refractivity contribution in [3.05, 3.63) is 65.7 Å². The van der Waals surface area contributed by atoms with Gasteiger partial charge in [-0.25, -0.2) is 0 Å². The lowest BCUT2D eigenvalue weighted by Crippen LogP contribution is -1.99. The molecule has 2 aromatic carbocycles. The van der Waals surface area contributed by atoms with Gasteiger partial charge in [0, 0.05) is 5.56 Å². The second-order valence-corrected chi connectivity index (χ2v) is 6.78. The van der Waals surface area contributed by atoms with Crippen LogP contribution in [-0.4, -0.2) is 17.5 Å². The van der Waals surface area contributed by atoms with E-state index in [2.05, 4.69) is 6.92 Å². The molecule has 0 bridgehead atoms. The van der Waals surface area contributed by atoms with Gasteiger partial charge in [0.1, 0.15) is 11.5 Å². The number of aromatic hydroxyl groups is 1. The highest BCUT2D eigenvalue weighted by atomic mass is 16.5. The Labute approximate surface area is 162 Å². The minimum Gasteiger partial charge on any atom is -0.508 e. The highest BCUT2D eigenvalue weighted by Gasteiger charge is 2.02. The van der Waals surface area contributed by atoms with Gasteiger partial charge in [-0.1, -0.05) is 63.7 Å². The van der Waals surface area contributed by atoms with E-state index in [4.69, 9.17) is 4.74 Å². The van der Waals surface area contributed by atoms with Crippen LogP contribution in [0.4, 0.5) is 0 Å². The minimum absolute atomic E-state index is 0.0540. The predicted octanol–water partition coefficient (Wildman–Crippen LogP) is 6.42. The second-order valence-electron chi connectivity index (χ2n) is 6.78. The third kappa shape index (κ3) is 8.12. The van der Waals surface area contributed by atoms with Crippen molar-refractivity contribution < 1.29 is 14.6 Å². The Morgan fingerprint density at radius 1 is 0.889 bits per heavy atom. The summed E-state index contributed by atoms with van der Waals surface area (Å²) in [6, 6.07) is 14.0. The Hall–Kier alpha value is -2.55. The number of rotatable bonds is 12. The number of ketones is 1. The molecule has 0 aliphatic heterocycles. The lowest BCUT2D eigenvalue weighted by molar-refractivity contribution is 0.104. The monoisotopic (exact) mass is 366 g/mol. The van der Waals surface area contributed by atoms with Gasteiger partial charge < -0.3 is 9.84 Å². The van der Waals surface area contributed by atoms with Crippen LogP contribution in [0.25, 0.3) is 6.08 Å². The summed E-state index contributed by atoms with van der Waals surface area (Å²) >= 11 is 0. The molecule has 0 aliphatic rings. The maximum atomic E-state index is 12.2. The average molecular weight is 367 g/mol. The van der Waals surface area contributed by atoms with E-state index in [-0.39, 0.29) is 11.5 Å². The van der Waals surface area contributed by atoms with Gasteiger partial charge >= 0.3 is 0 Å². The number of phenols is 1. The summed E-state index contributed by atoms with van der Waals surface area (Å²) in [5.41, 5.74) is 1.50. The summed E-state index contributed by atoms with van der Waals surface area (Å²) in [4.78, 5) is 12.2. The molecule has 0 unspecified atom stereocenters. The van der Waals surface area contributed by atoms with Crippen molar-refractivity contribution in [2.45, 2.75) is 51.9 Å². The molecule has 3 nitrogen and oxygen atoms in total. The quantitative estimate of drug-likeness (QED) is 0.268. The van der Waals surface area contributed by atoms with Crippen molar-refractivity contribution >= 4 is 11.9 Å². The lowest BCUT2D eigenvalue weighted by atomic mass is 10.1. The third-order valence-corrected chi connectivity index (χ3v) is 4.48. The molecule has 2 rings (SSSR count). The van der Waals surface area contributed by atoms with Crippen LogP contribution in [0.3, 0.4) is 0 Å². The average Bonchev–Trinajstić information content (AvgIpc) is 2.70. The standard InChI is InChI=1S/C24H30O3/c1-2-3-4-5-6-7-8-19-27-23-16-12-21(13-17-23)24(26)18-11-20-9-14-22(25)15-10-20/h9-18,25H,2-8,19H2,1H3/b18-11+. The maximum Gasteiger partial charge on any atom is 0.185 e. The fourth-order valence-electron chi connectivity index (χ4n) is 2.82. The number of unbranched alkanes of at least 4 members (excludes halogenated alkanes) is 6. The Morgan fingerprint density at radius 3 is 2.19 bits per heavy atom. The van der Waals surface area contributed by atoms with Crippen molar-refractivity contribution in [3.63, 3.8) is 0 Å². The zero-order valence-electron chi connectivity index (χ0n) is 16.2. The molecule has 0 heterocycles. The van der Waals surface area contributed by atoms with Gasteiger partial charge in [-0.2, -0.15) is 0 Å². The molecule has 3 heteroatoms. The summed E-state index contributed by atoms with van der Waals surface area (Å²) in [5.74, 6) is 0.965. The van der Waals surface area contributed by atoms with Crippen molar-refractivity contribution in [2.24, 2.45) is 0 Å². The van der Waals surface area contributed by atoms with Crippen LogP contribution in [0.5, 0.6) is 11.5 Å². The van der Waals surface area contributed by atoms with Crippen molar-refractivity contribution in [1.82, 2.24) is 0 Å². The highest BCUT2D eigenvalue weighted by molar-refractivity contribution is 6.06. The van der Waals surface area contributed by atoms with Crippen molar-refractivity contribution in [3.8, 4) is 11.5 Å². The molecule has 0 aromatic heterocycles. The fourth-order valence-corrected chi connectivity index (χ4v) is 2.82. The first-order valence-electron chi connectivity index (χ1n) is 9.93. The largest absolute Gasteiger partial charge is 0.508 e. The van der Waals surface area contributed by atoms with Gasteiger partial charge in [-0.3, -0.25) is 4.79 Å². The Balaban J connectivity index is 1.71. The topological polar surface area (TPSA) is 46.5 Å². The van der Waals surface area contributed by atoms with Crippen LogP contribution in [0.15, 0.2) is 54.6 Å². The number of carbonyl (C=O) groups is 1. The first-order chi connectivity index (χ1) is 13.2. The number of benzene rings is 2. The highest BCUT2D eigenvalue weighted by Crippen LogP contribution is 2.15. The molecule has 0 radical (unpaired) electrons. The molecule has 0 fully saturated rings. The number of allylic oxidation sites excluding steroid dienone is 1. The third-order valence-electron chi connectivity index (χ3n) is 4.48. The second kappa shape index (κ2) is 11.9. The van der Waals surface area contributed by atoms with E-state index in [0.717, 1.165) is 24.3 Å². The summed E-state index contributed by atoms with van der Waals surface area (Å²) in [5, 5.41) is 9.27. The van der Waals surface area contributed by atoms with E-state index in [0.29, 0.717) is 5.56 Å². The van der Waals surface area contributed by atoms with Gasteiger partial charge in [-0.05, 0) is 54.5 Å². The molecular formula is C24H30O3. The molecular weight excluding hydrogens is 336 g/mol. The molecule has 0 aliphatic carbocycles. The van der Waals surface area contributed by atoms with E-state index >= 15 is 0 Å². The molecule has 144 valence electrons. The van der Waals surface area contributed by atoms with Crippen LogP contribution >= 0.6 is 0 Å². The zero-order chi connectivity index (χ0) is 19.3. The van der Waals surface area contributed by atoms with E-state index in [1.54, 1.807) is 48.6 Å². The van der Waals surface area contributed by atoms with E-state index < -0.39 is 0 Å². The minimum atomic E-state index is -0.0540. The maximum absolute atomic E-state index is 12.2. The summed E-state index contributed by atoms with van der Waals surface area (Å²) in [6.45, 7) is 2.96. The fraction of sp³-hybridized carbons (Fsp3) is 0.375. The van der Waals surface area contributed by atoms with Crippen molar-refractivity contribution in [2.75, 3.05) is 6.61 Å². The number of ether oxygens (including phenoxy) is 1. The smallest absolute Gasteiger partial charge is 0.185 e. The lowest BCUT2D eigenvalue weighted by Gasteiger charge is -2.06. The summed E-state index contributed by atoms with van der Waals surface area (Å²) in [7, 11) is 0. The van der Waals surface area contributed by atoms with Gasteiger partial charge in [0.25, 0.3) is 0 Å². The molecule has 0 atom stereocenters. The van der Waals surface area contributed by atoms with E-state index in [1.807, 2.05) is 12.1 Å². The molecule has 0 saturated carbocycles. The number of carbonyl (C=O) groups excluding carboxylic acids is 1. The number of phenolic OH excluding ortho intramolecular Hbond substituents is 1. The number of hydrogen-bond acceptors (Lipinski definition) is 3. The van der Waals surface area contributed by atoms with Gasteiger partial charge in [-0.15, -0.1) is 0 Å². The molecule has 2 aromatic rings. The van der Waals surface area contributed by atoms with Gasteiger partial charge in [0.05, 0.1) is 6.61 Å². The van der Waals surface area contributed by atoms with Gasteiger partial charge in [0.2, 0.25) is 0 Å². The zero-order valence-corrected chi connectivity index (χ0v) is 16.2. The van der Waals surface area contributed by atoms with Crippen LogP contribution in [0.2, 0.25) is 0 Å². The summed E-state index contributed by atoms with van der Waals surface area (Å²) < 4.78 is 5.76. The first kappa shape index (κ1) is 20.8. The molecule has 0 amide bonds.